The van der Waals surface area contributed by atoms with E-state index in [1.165, 1.54) is 4.90 Å². The zero-order valence-corrected chi connectivity index (χ0v) is 10.8. The molecule has 0 saturated heterocycles. The van der Waals surface area contributed by atoms with Crippen LogP contribution in [-0.4, -0.2) is 38.6 Å². The number of hydrogen-bond donors (Lipinski definition) is 2. The van der Waals surface area contributed by atoms with Crippen LogP contribution in [0.1, 0.15) is 0 Å². The van der Waals surface area contributed by atoms with Crippen molar-refractivity contribution < 1.29 is 9.53 Å². The number of methoxy groups -OCH3 is 1. The van der Waals surface area contributed by atoms with E-state index in [9.17, 15) is 4.79 Å². The predicted octanol–water partition coefficient (Wildman–Crippen LogP) is 1.72. The Bertz CT molecular complexity index is 320. The van der Waals surface area contributed by atoms with Gasteiger partial charge >= 0.3 is 6.03 Å². The normalized spacial score (nSPS) is 9.94. The molecule has 5 heteroatoms. The molecule has 0 fully saturated rings. The molecule has 0 aliphatic carbocycles. The van der Waals surface area contributed by atoms with E-state index in [1.807, 2.05) is 18.2 Å². The standard InChI is InChI=1S/C12H18N2O2S/c1-16-9-7-13-12(15)14-8-10-17-11-5-3-2-4-6-11/h2-6H,7-10H2,1H3,(H2,13,14,15). The van der Waals surface area contributed by atoms with Crippen LogP contribution < -0.4 is 10.6 Å². The van der Waals surface area contributed by atoms with Gasteiger partial charge in [0.15, 0.2) is 0 Å². The van der Waals surface area contributed by atoms with E-state index in [4.69, 9.17) is 4.74 Å². The average molecular weight is 254 g/mol. The number of carbonyl (C=O) groups excluding carboxylic acids is 1. The molecule has 4 nitrogen and oxygen atoms in total. The van der Waals surface area contributed by atoms with Gasteiger partial charge in [-0.3, -0.25) is 0 Å². The van der Waals surface area contributed by atoms with Crippen LogP contribution in [0.4, 0.5) is 4.79 Å². The third-order valence-corrected chi connectivity index (χ3v) is 3.01. The Labute approximate surface area is 106 Å². The number of ether oxygens (including phenoxy) is 1. The highest BCUT2D eigenvalue weighted by atomic mass is 32.2. The van der Waals surface area contributed by atoms with Gasteiger partial charge in [-0.05, 0) is 12.1 Å². The maximum absolute atomic E-state index is 11.2. The summed E-state index contributed by atoms with van der Waals surface area (Å²) in [6, 6.07) is 9.98. The lowest BCUT2D eigenvalue weighted by Crippen LogP contribution is -2.38. The van der Waals surface area contributed by atoms with Crippen molar-refractivity contribution in [3.63, 3.8) is 0 Å². The first kappa shape index (κ1) is 13.9. The van der Waals surface area contributed by atoms with E-state index < -0.39 is 0 Å². The second kappa shape index (κ2) is 8.90. The molecule has 0 aliphatic heterocycles. The highest BCUT2D eigenvalue weighted by Gasteiger charge is 1.98. The van der Waals surface area contributed by atoms with Gasteiger partial charge in [-0.1, -0.05) is 18.2 Å². The molecule has 0 bridgehead atoms. The van der Waals surface area contributed by atoms with E-state index in [0.717, 1.165) is 5.75 Å². The summed E-state index contributed by atoms with van der Waals surface area (Å²) in [6.45, 7) is 1.72. The van der Waals surface area contributed by atoms with Gasteiger partial charge in [-0.25, -0.2) is 4.79 Å². The molecule has 0 saturated carbocycles. The summed E-state index contributed by atoms with van der Waals surface area (Å²) in [6.07, 6.45) is 0. The molecule has 1 aromatic carbocycles. The van der Waals surface area contributed by atoms with Crippen molar-refractivity contribution in [2.45, 2.75) is 4.90 Å². The van der Waals surface area contributed by atoms with Crippen LogP contribution in [0.15, 0.2) is 35.2 Å². The summed E-state index contributed by atoms with van der Waals surface area (Å²) < 4.78 is 4.83. The Morgan fingerprint density at radius 1 is 1.24 bits per heavy atom. The Kier molecular flexibility index (Phi) is 7.25. The molecular weight excluding hydrogens is 236 g/mol. The lowest BCUT2D eigenvalue weighted by atomic mass is 10.4. The van der Waals surface area contributed by atoms with Crippen LogP contribution in [0.3, 0.4) is 0 Å². The SMILES string of the molecule is COCCNC(=O)NCCSc1ccccc1. The number of hydrogen-bond acceptors (Lipinski definition) is 3. The van der Waals surface area contributed by atoms with Gasteiger partial charge in [0, 0.05) is 30.8 Å². The second-order valence-corrected chi connectivity index (χ2v) is 4.51. The van der Waals surface area contributed by atoms with Gasteiger partial charge in [-0.15, -0.1) is 11.8 Å². The minimum absolute atomic E-state index is 0.143. The molecule has 0 unspecified atom stereocenters. The van der Waals surface area contributed by atoms with Gasteiger partial charge in [-0.2, -0.15) is 0 Å². The molecule has 0 radical (unpaired) electrons. The van der Waals surface area contributed by atoms with Crippen molar-refractivity contribution in [1.29, 1.82) is 0 Å². The highest BCUT2D eigenvalue weighted by Crippen LogP contribution is 2.15. The van der Waals surface area contributed by atoms with E-state index in [0.29, 0.717) is 19.7 Å². The number of amides is 2. The molecule has 0 aliphatic rings. The van der Waals surface area contributed by atoms with Crippen LogP contribution in [0.25, 0.3) is 0 Å². The average Bonchev–Trinajstić information content (AvgIpc) is 2.36. The Morgan fingerprint density at radius 2 is 1.94 bits per heavy atom. The fourth-order valence-corrected chi connectivity index (χ4v) is 1.97. The smallest absolute Gasteiger partial charge is 0.314 e. The van der Waals surface area contributed by atoms with Gasteiger partial charge in [0.25, 0.3) is 0 Å². The van der Waals surface area contributed by atoms with Crippen LogP contribution >= 0.6 is 11.8 Å². The molecule has 2 amide bonds. The summed E-state index contributed by atoms with van der Waals surface area (Å²) in [5.41, 5.74) is 0. The molecule has 1 aromatic rings. The van der Waals surface area contributed by atoms with Crippen LogP contribution in [0.5, 0.6) is 0 Å². The Balaban J connectivity index is 2.02. The lowest BCUT2D eigenvalue weighted by molar-refractivity contribution is 0.196. The summed E-state index contributed by atoms with van der Waals surface area (Å²) in [5, 5.41) is 5.48. The minimum Gasteiger partial charge on any atom is -0.383 e. The number of benzene rings is 1. The molecule has 0 atom stereocenters. The maximum atomic E-state index is 11.2. The number of urea groups is 1. The van der Waals surface area contributed by atoms with Gasteiger partial charge in [0.05, 0.1) is 6.61 Å². The van der Waals surface area contributed by atoms with Crippen molar-refractivity contribution in [3.05, 3.63) is 30.3 Å². The first-order valence-electron chi connectivity index (χ1n) is 5.51. The fraction of sp³-hybridized carbons (Fsp3) is 0.417. The molecule has 2 N–H and O–H groups in total. The topological polar surface area (TPSA) is 50.4 Å². The van der Waals surface area contributed by atoms with Crippen molar-refractivity contribution in [1.82, 2.24) is 10.6 Å². The van der Waals surface area contributed by atoms with Gasteiger partial charge in [0.2, 0.25) is 0 Å². The molecule has 1 rings (SSSR count). The van der Waals surface area contributed by atoms with Crippen molar-refractivity contribution >= 4 is 17.8 Å². The third-order valence-electron chi connectivity index (χ3n) is 1.99. The zero-order chi connectivity index (χ0) is 12.3. The van der Waals surface area contributed by atoms with E-state index in [1.54, 1.807) is 18.9 Å². The summed E-state index contributed by atoms with van der Waals surface area (Å²) >= 11 is 1.72. The molecule has 94 valence electrons. The first-order chi connectivity index (χ1) is 8.33. The summed E-state index contributed by atoms with van der Waals surface area (Å²) in [4.78, 5) is 12.5. The van der Waals surface area contributed by atoms with Crippen molar-refractivity contribution in [2.75, 3.05) is 32.6 Å². The largest absolute Gasteiger partial charge is 0.383 e. The number of carbonyl (C=O) groups is 1. The van der Waals surface area contributed by atoms with E-state index in [-0.39, 0.29) is 6.03 Å². The van der Waals surface area contributed by atoms with Crippen molar-refractivity contribution in [3.8, 4) is 0 Å². The fourth-order valence-electron chi connectivity index (χ4n) is 1.18. The van der Waals surface area contributed by atoms with Crippen LogP contribution in [0, 0.1) is 0 Å². The second-order valence-electron chi connectivity index (χ2n) is 3.34. The first-order valence-corrected chi connectivity index (χ1v) is 6.50. The van der Waals surface area contributed by atoms with E-state index >= 15 is 0 Å². The number of thioether (sulfide) groups is 1. The highest BCUT2D eigenvalue weighted by molar-refractivity contribution is 7.99. The molecule has 0 heterocycles. The molecule has 0 aromatic heterocycles. The monoisotopic (exact) mass is 254 g/mol. The number of nitrogens with one attached hydrogen (secondary N) is 2. The summed E-state index contributed by atoms with van der Waals surface area (Å²) in [5.74, 6) is 0.863. The molecule has 17 heavy (non-hydrogen) atoms. The van der Waals surface area contributed by atoms with Gasteiger partial charge < -0.3 is 15.4 Å². The van der Waals surface area contributed by atoms with Crippen molar-refractivity contribution in [2.24, 2.45) is 0 Å². The summed E-state index contributed by atoms with van der Waals surface area (Å²) in [7, 11) is 1.61. The van der Waals surface area contributed by atoms with Crippen LogP contribution in [-0.2, 0) is 4.74 Å². The predicted molar refractivity (Wildman–Crippen MR) is 70.4 cm³/mol. The minimum atomic E-state index is -0.143. The zero-order valence-electron chi connectivity index (χ0n) is 9.94. The number of rotatable bonds is 7. The van der Waals surface area contributed by atoms with E-state index in [2.05, 4.69) is 22.8 Å². The Morgan fingerprint density at radius 3 is 2.65 bits per heavy atom. The van der Waals surface area contributed by atoms with Gasteiger partial charge in [0.1, 0.15) is 0 Å². The molecular formula is C12H18N2O2S. The molecule has 0 spiro atoms. The van der Waals surface area contributed by atoms with Crippen LogP contribution in [0.2, 0.25) is 0 Å². The maximum Gasteiger partial charge on any atom is 0.314 e. The third kappa shape index (κ3) is 6.86. The lowest BCUT2D eigenvalue weighted by Gasteiger charge is -2.06. The quantitative estimate of drug-likeness (QED) is 0.575. The Hall–Kier alpha value is -1.20.